The summed E-state index contributed by atoms with van der Waals surface area (Å²) in [5.41, 5.74) is 3.14. The lowest BCUT2D eigenvalue weighted by molar-refractivity contribution is 0.109. The number of anilines is 1. The number of ether oxygens (including phenoxy) is 1. The first kappa shape index (κ1) is 16.6. The highest BCUT2D eigenvalue weighted by atomic mass is 16.6. The zero-order chi connectivity index (χ0) is 17.3. The Balaban J connectivity index is 1.79. The number of amides is 1. The predicted octanol–water partition coefficient (Wildman–Crippen LogP) is 4.82. The second-order valence-corrected chi connectivity index (χ2v) is 6.91. The van der Waals surface area contributed by atoms with Crippen molar-refractivity contribution in [2.75, 3.05) is 5.32 Å². The minimum Gasteiger partial charge on any atom is -0.438 e. The van der Waals surface area contributed by atoms with Gasteiger partial charge in [-0.2, -0.15) is 0 Å². The van der Waals surface area contributed by atoms with Gasteiger partial charge >= 0.3 is 6.09 Å². The summed E-state index contributed by atoms with van der Waals surface area (Å²) >= 11 is 0. The molecule has 128 valence electrons. The molecular formula is C19H25N3O2. The van der Waals surface area contributed by atoms with Crippen molar-refractivity contribution >= 4 is 11.8 Å². The van der Waals surface area contributed by atoms with Gasteiger partial charge in [0.05, 0.1) is 5.69 Å². The first-order valence-electron chi connectivity index (χ1n) is 8.58. The molecule has 1 aliphatic heterocycles. The van der Waals surface area contributed by atoms with Gasteiger partial charge in [0, 0.05) is 25.4 Å². The summed E-state index contributed by atoms with van der Waals surface area (Å²) in [5.74, 6) is 1.47. The maximum Gasteiger partial charge on any atom is 0.412 e. The van der Waals surface area contributed by atoms with E-state index in [1.165, 1.54) is 0 Å². The molecule has 0 spiro atoms. The smallest absolute Gasteiger partial charge is 0.412 e. The molecule has 1 aliphatic rings. The van der Waals surface area contributed by atoms with Crippen molar-refractivity contribution in [3.8, 4) is 0 Å². The van der Waals surface area contributed by atoms with Gasteiger partial charge in [0.15, 0.2) is 6.10 Å². The number of carbonyl (C=O) groups excluding carboxylic acids is 1. The van der Waals surface area contributed by atoms with E-state index in [1.54, 1.807) is 6.20 Å². The molecule has 0 radical (unpaired) electrons. The van der Waals surface area contributed by atoms with Crippen LogP contribution in [0, 0.1) is 0 Å². The first-order valence-corrected chi connectivity index (χ1v) is 8.58. The van der Waals surface area contributed by atoms with Gasteiger partial charge in [-0.3, -0.25) is 5.32 Å². The quantitative estimate of drug-likeness (QED) is 0.875. The SMILES string of the molecule is CC(C)c1cccc(C(C)C)c1NC(=O)O[C@H]1CCn2ccnc21. The molecule has 3 rings (SSSR count). The normalized spacial score (nSPS) is 16.5. The van der Waals surface area contributed by atoms with Gasteiger partial charge in [-0.15, -0.1) is 0 Å². The van der Waals surface area contributed by atoms with Gasteiger partial charge in [0.1, 0.15) is 5.82 Å². The summed E-state index contributed by atoms with van der Waals surface area (Å²) < 4.78 is 7.66. The van der Waals surface area contributed by atoms with E-state index in [0.29, 0.717) is 11.8 Å². The number of hydrogen-bond donors (Lipinski definition) is 1. The predicted molar refractivity (Wildman–Crippen MR) is 94.3 cm³/mol. The Labute approximate surface area is 143 Å². The number of imidazole rings is 1. The van der Waals surface area contributed by atoms with Crippen molar-refractivity contribution in [1.29, 1.82) is 0 Å². The molecule has 5 heteroatoms. The van der Waals surface area contributed by atoms with Crippen molar-refractivity contribution < 1.29 is 9.53 Å². The summed E-state index contributed by atoms with van der Waals surface area (Å²) in [5, 5.41) is 2.99. The van der Waals surface area contributed by atoms with E-state index in [4.69, 9.17) is 4.74 Å². The number of hydrogen-bond acceptors (Lipinski definition) is 3. The standard InChI is InChI=1S/C19H25N3O2/c1-12(2)14-6-5-7-15(13(3)4)17(14)21-19(23)24-16-8-10-22-11-9-20-18(16)22/h5-7,9,11-13,16H,8,10H2,1-4H3,(H,21,23)/t16-/m0/s1. The molecule has 0 unspecified atom stereocenters. The molecule has 0 fully saturated rings. The fourth-order valence-corrected chi connectivity index (χ4v) is 3.25. The highest BCUT2D eigenvalue weighted by molar-refractivity contribution is 5.87. The zero-order valence-corrected chi connectivity index (χ0v) is 14.7. The number of aryl methyl sites for hydroxylation is 1. The molecule has 2 heterocycles. The molecule has 2 aromatic rings. The number of nitrogens with zero attached hydrogens (tertiary/aromatic N) is 2. The van der Waals surface area contributed by atoms with E-state index in [2.05, 4.69) is 56.2 Å². The van der Waals surface area contributed by atoms with Gasteiger partial charge in [-0.05, 0) is 23.0 Å². The fourth-order valence-electron chi connectivity index (χ4n) is 3.25. The average Bonchev–Trinajstić information content (AvgIpc) is 3.12. The van der Waals surface area contributed by atoms with E-state index in [0.717, 1.165) is 35.6 Å². The van der Waals surface area contributed by atoms with Gasteiger partial charge in [0.2, 0.25) is 0 Å². The van der Waals surface area contributed by atoms with Gasteiger partial charge in [0.25, 0.3) is 0 Å². The first-order chi connectivity index (χ1) is 11.5. The summed E-state index contributed by atoms with van der Waals surface area (Å²) in [7, 11) is 0. The molecule has 0 aliphatic carbocycles. The van der Waals surface area contributed by atoms with Crippen LogP contribution in [-0.2, 0) is 11.3 Å². The van der Waals surface area contributed by atoms with Gasteiger partial charge < -0.3 is 9.30 Å². The molecule has 24 heavy (non-hydrogen) atoms. The Bertz CT molecular complexity index is 708. The Morgan fingerprint density at radius 3 is 2.54 bits per heavy atom. The Kier molecular flexibility index (Phi) is 4.60. The second kappa shape index (κ2) is 6.67. The van der Waals surface area contributed by atoms with Crippen LogP contribution in [0.2, 0.25) is 0 Å². The third kappa shape index (κ3) is 3.16. The van der Waals surface area contributed by atoms with Crippen LogP contribution >= 0.6 is 0 Å². The van der Waals surface area contributed by atoms with Crippen LogP contribution in [-0.4, -0.2) is 15.6 Å². The zero-order valence-electron chi connectivity index (χ0n) is 14.7. The van der Waals surface area contributed by atoms with Crippen LogP contribution in [0.4, 0.5) is 10.5 Å². The molecule has 1 aromatic heterocycles. The van der Waals surface area contributed by atoms with E-state index < -0.39 is 6.09 Å². The van der Waals surface area contributed by atoms with Crippen molar-refractivity contribution in [3.05, 3.63) is 47.5 Å². The summed E-state index contributed by atoms with van der Waals surface area (Å²) in [6.45, 7) is 9.36. The van der Waals surface area contributed by atoms with Gasteiger partial charge in [-0.1, -0.05) is 45.9 Å². The monoisotopic (exact) mass is 327 g/mol. The lowest BCUT2D eigenvalue weighted by atomic mass is 9.93. The highest BCUT2D eigenvalue weighted by Gasteiger charge is 2.27. The van der Waals surface area contributed by atoms with E-state index >= 15 is 0 Å². The Morgan fingerprint density at radius 1 is 1.25 bits per heavy atom. The average molecular weight is 327 g/mol. The third-order valence-corrected chi connectivity index (χ3v) is 4.52. The number of aromatic nitrogens is 2. The molecule has 0 saturated carbocycles. The second-order valence-electron chi connectivity index (χ2n) is 6.91. The maximum atomic E-state index is 12.5. The molecule has 1 N–H and O–H groups in total. The van der Waals surface area contributed by atoms with Crippen molar-refractivity contribution in [1.82, 2.24) is 9.55 Å². The summed E-state index contributed by atoms with van der Waals surface area (Å²) in [6.07, 6.45) is 3.76. The summed E-state index contributed by atoms with van der Waals surface area (Å²) in [4.78, 5) is 16.8. The van der Waals surface area contributed by atoms with Crippen molar-refractivity contribution in [3.63, 3.8) is 0 Å². The fraction of sp³-hybridized carbons (Fsp3) is 0.474. The van der Waals surface area contributed by atoms with Crippen LogP contribution in [0.1, 0.15) is 69.0 Å². The van der Waals surface area contributed by atoms with Crippen molar-refractivity contribution in [2.45, 2.75) is 58.6 Å². The van der Waals surface area contributed by atoms with Crippen LogP contribution in [0.5, 0.6) is 0 Å². The molecule has 1 amide bonds. The van der Waals surface area contributed by atoms with E-state index in [9.17, 15) is 4.79 Å². The van der Waals surface area contributed by atoms with Crippen LogP contribution < -0.4 is 5.32 Å². The molecular weight excluding hydrogens is 302 g/mol. The minimum absolute atomic E-state index is 0.270. The van der Waals surface area contributed by atoms with Crippen molar-refractivity contribution in [2.24, 2.45) is 0 Å². The van der Waals surface area contributed by atoms with Crippen LogP contribution in [0.15, 0.2) is 30.6 Å². The summed E-state index contributed by atoms with van der Waals surface area (Å²) in [6, 6.07) is 6.18. The minimum atomic E-state index is -0.411. The number of para-hydroxylation sites is 1. The van der Waals surface area contributed by atoms with E-state index in [1.807, 2.05) is 10.8 Å². The van der Waals surface area contributed by atoms with Gasteiger partial charge in [-0.25, -0.2) is 9.78 Å². The number of nitrogens with one attached hydrogen (secondary N) is 1. The maximum absolute atomic E-state index is 12.5. The lowest BCUT2D eigenvalue weighted by Crippen LogP contribution is -2.19. The number of fused-ring (bicyclic) bond motifs is 1. The number of carbonyl (C=O) groups is 1. The van der Waals surface area contributed by atoms with Crippen LogP contribution in [0.3, 0.4) is 0 Å². The van der Waals surface area contributed by atoms with Crippen LogP contribution in [0.25, 0.3) is 0 Å². The Morgan fingerprint density at radius 2 is 1.92 bits per heavy atom. The molecule has 5 nitrogen and oxygen atoms in total. The third-order valence-electron chi connectivity index (χ3n) is 4.52. The Hall–Kier alpha value is -2.30. The highest BCUT2D eigenvalue weighted by Crippen LogP contribution is 2.33. The van der Waals surface area contributed by atoms with E-state index in [-0.39, 0.29) is 6.10 Å². The topological polar surface area (TPSA) is 56.1 Å². The molecule has 0 saturated heterocycles. The number of benzene rings is 1. The molecule has 1 atom stereocenters. The number of rotatable bonds is 4. The molecule has 0 bridgehead atoms. The molecule has 1 aromatic carbocycles. The lowest BCUT2D eigenvalue weighted by Gasteiger charge is -2.20. The largest absolute Gasteiger partial charge is 0.438 e.